The van der Waals surface area contributed by atoms with E-state index in [9.17, 15) is 9.18 Å². The second kappa shape index (κ2) is 8.61. The van der Waals surface area contributed by atoms with Gasteiger partial charge in [-0.15, -0.1) is 0 Å². The molecule has 2 aromatic rings. The number of halogens is 1. The Morgan fingerprint density at radius 2 is 1.89 bits per heavy atom. The van der Waals surface area contributed by atoms with Crippen molar-refractivity contribution in [2.45, 2.75) is 38.0 Å². The Kier molecular flexibility index (Phi) is 5.76. The predicted molar refractivity (Wildman–Crippen MR) is 104 cm³/mol. The quantitative estimate of drug-likeness (QED) is 0.745. The lowest BCUT2D eigenvalue weighted by Crippen LogP contribution is -2.45. The average molecular weight is 384 g/mol. The minimum atomic E-state index is -0.222. The van der Waals surface area contributed by atoms with E-state index >= 15 is 0 Å². The minimum absolute atomic E-state index is 0.147. The molecule has 1 N–H and O–H groups in total. The maximum atomic E-state index is 13.0. The summed E-state index contributed by atoms with van der Waals surface area (Å²) < 4.78 is 24.7. The number of likely N-dealkylation sites (tertiary alicyclic amines) is 1. The van der Waals surface area contributed by atoms with Crippen LogP contribution in [0, 0.1) is 5.82 Å². The molecule has 2 aliphatic heterocycles. The number of nitrogens with one attached hydrogen (secondary N) is 1. The highest BCUT2D eigenvalue weighted by molar-refractivity contribution is 5.78. The Balaban J connectivity index is 1.26. The molecule has 6 heteroatoms. The zero-order valence-electron chi connectivity index (χ0n) is 15.8. The molecule has 2 heterocycles. The van der Waals surface area contributed by atoms with Gasteiger partial charge < -0.3 is 19.7 Å². The van der Waals surface area contributed by atoms with Crippen LogP contribution in [0.5, 0.6) is 11.5 Å². The molecule has 148 valence electrons. The molecule has 2 aliphatic rings. The Bertz CT molecular complexity index is 812. The van der Waals surface area contributed by atoms with E-state index in [-0.39, 0.29) is 23.9 Å². The van der Waals surface area contributed by atoms with E-state index in [1.54, 1.807) is 12.1 Å². The molecule has 0 aliphatic carbocycles. The molecule has 0 radical (unpaired) electrons. The van der Waals surface area contributed by atoms with Gasteiger partial charge in [-0.3, -0.25) is 4.79 Å². The van der Waals surface area contributed by atoms with Crippen molar-refractivity contribution >= 4 is 5.91 Å². The third-order valence-corrected chi connectivity index (χ3v) is 5.32. The van der Waals surface area contributed by atoms with Crippen LogP contribution in [0.1, 0.15) is 24.8 Å². The smallest absolute Gasteiger partial charge is 0.223 e. The Labute approximate surface area is 164 Å². The summed E-state index contributed by atoms with van der Waals surface area (Å²) >= 11 is 0. The number of ether oxygens (including phenoxy) is 2. The molecule has 0 saturated carbocycles. The monoisotopic (exact) mass is 384 g/mol. The van der Waals surface area contributed by atoms with Crippen molar-refractivity contribution in [2.75, 3.05) is 19.7 Å². The standard InChI is InChI=1S/C22H25FN2O3/c23-17-7-5-16(6-8-17)13-24-12-11-18-9-10-22(26)25(18)14-19-15-27-20-3-1-2-4-21(20)28-19/h1-8,18-19,24H,9-15H2/t18-,19+/m1/s1. The summed E-state index contributed by atoms with van der Waals surface area (Å²) in [4.78, 5) is 14.3. The van der Waals surface area contributed by atoms with Gasteiger partial charge in [-0.05, 0) is 49.2 Å². The molecule has 28 heavy (non-hydrogen) atoms. The largest absolute Gasteiger partial charge is 0.486 e. The average Bonchev–Trinajstić information content (AvgIpc) is 3.06. The molecule has 0 aromatic heterocycles. The summed E-state index contributed by atoms with van der Waals surface area (Å²) in [5.74, 6) is 1.46. The Hall–Kier alpha value is -2.60. The van der Waals surface area contributed by atoms with E-state index in [4.69, 9.17) is 9.47 Å². The topological polar surface area (TPSA) is 50.8 Å². The molecular weight excluding hydrogens is 359 g/mol. The van der Waals surface area contributed by atoms with Crippen LogP contribution in [0.15, 0.2) is 48.5 Å². The van der Waals surface area contributed by atoms with Gasteiger partial charge >= 0.3 is 0 Å². The molecule has 4 rings (SSSR count). The van der Waals surface area contributed by atoms with Crippen molar-refractivity contribution in [1.82, 2.24) is 10.2 Å². The fourth-order valence-corrected chi connectivity index (χ4v) is 3.82. The van der Waals surface area contributed by atoms with Crippen LogP contribution in [0.4, 0.5) is 4.39 Å². The molecule has 0 unspecified atom stereocenters. The number of fused-ring (bicyclic) bond motifs is 1. The third-order valence-electron chi connectivity index (χ3n) is 5.32. The van der Waals surface area contributed by atoms with Crippen molar-refractivity contribution < 1.29 is 18.7 Å². The zero-order valence-corrected chi connectivity index (χ0v) is 15.8. The van der Waals surface area contributed by atoms with Gasteiger partial charge in [0.15, 0.2) is 17.6 Å². The van der Waals surface area contributed by atoms with Crippen molar-refractivity contribution in [3.63, 3.8) is 0 Å². The van der Waals surface area contributed by atoms with Gasteiger partial charge in [-0.1, -0.05) is 24.3 Å². The van der Waals surface area contributed by atoms with Crippen molar-refractivity contribution in [2.24, 2.45) is 0 Å². The first-order chi connectivity index (χ1) is 13.7. The maximum absolute atomic E-state index is 13.0. The van der Waals surface area contributed by atoms with Gasteiger partial charge in [0.05, 0.1) is 6.54 Å². The second-order valence-corrected chi connectivity index (χ2v) is 7.33. The van der Waals surface area contributed by atoms with Crippen LogP contribution in [-0.2, 0) is 11.3 Å². The summed E-state index contributed by atoms with van der Waals surface area (Å²) in [6, 6.07) is 14.3. The SMILES string of the molecule is O=C1CC[C@H](CCNCc2ccc(F)cc2)N1C[C@H]1COc2ccccc2O1. The Morgan fingerprint density at radius 1 is 1.11 bits per heavy atom. The van der Waals surface area contributed by atoms with E-state index in [0.29, 0.717) is 26.1 Å². The van der Waals surface area contributed by atoms with Crippen molar-refractivity contribution in [3.05, 3.63) is 59.9 Å². The number of hydrogen-bond donors (Lipinski definition) is 1. The van der Waals surface area contributed by atoms with Gasteiger partial charge in [0.25, 0.3) is 0 Å². The first-order valence-corrected chi connectivity index (χ1v) is 9.82. The van der Waals surface area contributed by atoms with Gasteiger partial charge in [0, 0.05) is 19.0 Å². The van der Waals surface area contributed by atoms with E-state index in [2.05, 4.69) is 5.32 Å². The molecule has 1 amide bonds. The number of rotatable bonds is 7. The van der Waals surface area contributed by atoms with Crippen molar-refractivity contribution in [3.8, 4) is 11.5 Å². The fourth-order valence-electron chi connectivity index (χ4n) is 3.82. The molecule has 5 nitrogen and oxygen atoms in total. The van der Waals surface area contributed by atoms with E-state index < -0.39 is 0 Å². The van der Waals surface area contributed by atoms with Crippen molar-refractivity contribution in [1.29, 1.82) is 0 Å². The molecule has 0 bridgehead atoms. The summed E-state index contributed by atoms with van der Waals surface area (Å²) in [6.45, 7) is 2.50. The van der Waals surface area contributed by atoms with Crippen LogP contribution < -0.4 is 14.8 Å². The maximum Gasteiger partial charge on any atom is 0.223 e. The number of carbonyl (C=O) groups excluding carboxylic acids is 1. The van der Waals surface area contributed by atoms with Gasteiger partial charge in [-0.25, -0.2) is 4.39 Å². The van der Waals surface area contributed by atoms with E-state index in [1.807, 2.05) is 29.2 Å². The summed E-state index contributed by atoms with van der Waals surface area (Å²) in [6.07, 6.45) is 2.21. The number of para-hydroxylation sites is 2. The van der Waals surface area contributed by atoms with E-state index in [0.717, 1.165) is 36.4 Å². The van der Waals surface area contributed by atoms with Gasteiger partial charge in [0.1, 0.15) is 12.4 Å². The first-order valence-electron chi connectivity index (χ1n) is 9.82. The minimum Gasteiger partial charge on any atom is -0.486 e. The predicted octanol–water partition coefficient (Wildman–Crippen LogP) is 3.14. The summed E-state index contributed by atoms with van der Waals surface area (Å²) in [5, 5.41) is 3.38. The molecule has 2 aromatic carbocycles. The highest BCUT2D eigenvalue weighted by Crippen LogP contribution is 2.32. The van der Waals surface area contributed by atoms with Crippen LogP contribution in [0.25, 0.3) is 0 Å². The molecule has 2 atom stereocenters. The van der Waals surface area contributed by atoms with Crippen LogP contribution >= 0.6 is 0 Å². The zero-order chi connectivity index (χ0) is 19.3. The number of carbonyl (C=O) groups is 1. The highest BCUT2D eigenvalue weighted by Gasteiger charge is 2.34. The molecule has 0 spiro atoms. The lowest BCUT2D eigenvalue weighted by Gasteiger charge is -2.32. The van der Waals surface area contributed by atoms with Gasteiger partial charge in [-0.2, -0.15) is 0 Å². The number of amides is 1. The van der Waals surface area contributed by atoms with Crippen LogP contribution in [0.3, 0.4) is 0 Å². The lowest BCUT2D eigenvalue weighted by atomic mass is 10.1. The Morgan fingerprint density at radius 3 is 2.71 bits per heavy atom. The van der Waals surface area contributed by atoms with E-state index in [1.165, 1.54) is 12.1 Å². The lowest BCUT2D eigenvalue weighted by molar-refractivity contribution is -0.130. The molecular formula is C22H25FN2O3. The van der Waals surface area contributed by atoms with Gasteiger partial charge in [0.2, 0.25) is 5.91 Å². The van der Waals surface area contributed by atoms with Crippen LogP contribution in [-0.4, -0.2) is 42.6 Å². The van der Waals surface area contributed by atoms with Crippen LogP contribution in [0.2, 0.25) is 0 Å². The number of nitrogens with zero attached hydrogens (tertiary/aromatic N) is 1. The summed E-state index contributed by atoms with van der Waals surface area (Å²) in [5.41, 5.74) is 1.05. The summed E-state index contributed by atoms with van der Waals surface area (Å²) in [7, 11) is 0. The number of hydrogen-bond acceptors (Lipinski definition) is 4. The normalized spacial score (nSPS) is 21.2. The molecule has 1 saturated heterocycles. The third kappa shape index (κ3) is 4.44. The fraction of sp³-hybridized carbons (Fsp3) is 0.409. The second-order valence-electron chi connectivity index (χ2n) is 7.33. The highest BCUT2D eigenvalue weighted by atomic mass is 19.1. The first kappa shape index (κ1) is 18.7. The number of benzene rings is 2. The molecule has 1 fully saturated rings.